The predicted molar refractivity (Wildman–Crippen MR) is 49.5 cm³/mol. The lowest BCUT2D eigenvalue weighted by molar-refractivity contribution is -0.117. The molecule has 0 rings (SSSR count). The Bertz CT molecular complexity index is 225. The van der Waals surface area contributed by atoms with Crippen molar-refractivity contribution in [3.05, 3.63) is 11.6 Å². The standard InChI is InChI=1S/C8H12ClNO3/c1-6(8(9)12)5-7(11)10-3-4-13-2/h5H,3-4H2,1-2H3,(H,10,11)/b6-5+. The van der Waals surface area contributed by atoms with E-state index in [2.05, 4.69) is 5.32 Å². The topological polar surface area (TPSA) is 55.4 Å². The third-order valence-corrected chi connectivity index (χ3v) is 1.56. The molecule has 0 radical (unpaired) electrons. The maximum atomic E-state index is 11.0. The third kappa shape index (κ3) is 6.31. The van der Waals surface area contributed by atoms with Gasteiger partial charge in [-0.1, -0.05) is 0 Å². The molecule has 0 heterocycles. The number of halogens is 1. The Balaban J connectivity index is 3.86. The minimum absolute atomic E-state index is 0.219. The van der Waals surface area contributed by atoms with Crippen LogP contribution in [0, 0.1) is 0 Å². The van der Waals surface area contributed by atoms with Crippen molar-refractivity contribution < 1.29 is 14.3 Å². The van der Waals surface area contributed by atoms with Crippen LogP contribution in [-0.4, -0.2) is 31.4 Å². The van der Waals surface area contributed by atoms with Gasteiger partial charge in [0.2, 0.25) is 11.1 Å². The summed E-state index contributed by atoms with van der Waals surface area (Å²) < 4.78 is 4.72. The monoisotopic (exact) mass is 205 g/mol. The fraction of sp³-hybridized carbons (Fsp3) is 0.500. The van der Waals surface area contributed by atoms with Gasteiger partial charge in [0.15, 0.2) is 0 Å². The highest BCUT2D eigenvalue weighted by Gasteiger charge is 2.02. The molecule has 0 atom stereocenters. The van der Waals surface area contributed by atoms with Crippen molar-refractivity contribution in [3.8, 4) is 0 Å². The van der Waals surface area contributed by atoms with Crippen LogP contribution in [0.3, 0.4) is 0 Å². The highest BCUT2D eigenvalue weighted by Crippen LogP contribution is 1.97. The van der Waals surface area contributed by atoms with Crippen LogP contribution in [0.2, 0.25) is 0 Å². The van der Waals surface area contributed by atoms with E-state index < -0.39 is 5.24 Å². The molecule has 74 valence electrons. The summed E-state index contributed by atoms with van der Waals surface area (Å²) in [6.07, 6.45) is 1.16. The first-order chi connectivity index (χ1) is 6.07. The van der Waals surface area contributed by atoms with Crippen LogP contribution in [0.5, 0.6) is 0 Å². The molecule has 0 aliphatic carbocycles. The number of rotatable bonds is 5. The lowest BCUT2D eigenvalue weighted by atomic mass is 10.3. The van der Waals surface area contributed by atoms with E-state index in [-0.39, 0.29) is 11.5 Å². The van der Waals surface area contributed by atoms with Crippen LogP contribution < -0.4 is 5.32 Å². The smallest absolute Gasteiger partial charge is 0.248 e. The number of hydrogen-bond acceptors (Lipinski definition) is 3. The Labute approximate surface area is 81.9 Å². The van der Waals surface area contributed by atoms with E-state index in [4.69, 9.17) is 16.3 Å². The Morgan fingerprint density at radius 1 is 1.54 bits per heavy atom. The van der Waals surface area contributed by atoms with Crippen molar-refractivity contribution in [1.29, 1.82) is 0 Å². The number of methoxy groups -OCH3 is 1. The Morgan fingerprint density at radius 2 is 2.15 bits per heavy atom. The number of nitrogens with one attached hydrogen (secondary N) is 1. The normalized spacial score (nSPS) is 11.2. The van der Waals surface area contributed by atoms with Crippen LogP contribution in [0.1, 0.15) is 6.92 Å². The summed E-state index contributed by atoms with van der Waals surface area (Å²) >= 11 is 5.12. The molecule has 13 heavy (non-hydrogen) atoms. The van der Waals surface area contributed by atoms with Crippen molar-refractivity contribution in [2.75, 3.05) is 20.3 Å². The molecular formula is C8H12ClNO3. The van der Waals surface area contributed by atoms with Crippen LogP contribution in [0.15, 0.2) is 11.6 Å². The SMILES string of the molecule is COCCNC(=O)/C=C(\C)C(=O)Cl. The van der Waals surface area contributed by atoms with Crippen LogP contribution in [-0.2, 0) is 14.3 Å². The lowest BCUT2D eigenvalue weighted by Crippen LogP contribution is -2.25. The molecule has 0 aromatic rings. The number of ether oxygens (including phenoxy) is 1. The van der Waals surface area contributed by atoms with Crippen molar-refractivity contribution in [2.45, 2.75) is 6.92 Å². The van der Waals surface area contributed by atoms with E-state index in [9.17, 15) is 9.59 Å². The minimum atomic E-state index is -0.623. The first-order valence-electron chi connectivity index (χ1n) is 3.73. The van der Waals surface area contributed by atoms with Gasteiger partial charge in [-0.2, -0.15) is 0 Å². The fourth-order valence-electron chi connectivity index (χ4n) is 0.581. The van der Waals surface area contributed by atoms with Gasteiger partial charge in [0, 0.05) is 25.3 Å². The molecule has 1 amide bonds. The number of allylic oxidation sites excluding steroid dienone is 1. The average Bonchev–Trinajstić information content (AvgIpc) is 2.04. The van der Waals surface area contributed by atoms with E-state index in [1.165, 1.54) is 14.0 Å². The van der Waals surface area contributed by atoms with Gasteiger partial charge in [-0.05, 0) is 18.5 Å². The van der Waals surface area contributed by atoms with Crippen LogP contribution in [0.4, 0.5) is 0 Å². The molecule has 0 aliphatic rings. The molecule has 0 fully saturated rings. The lowest BCUT2D eigenvalue weighted by Gasteiger charge is -2.00. The molecule has 4 nitrogen and oxygen atoms in total. The van der Waals surface area contributed by atoms with Gasteiger partial charge in [-0.15, -0.1) is 0 Å². The quantitative estimate of drug-likeness (QED) is 0.403. The number of carbonyl (C=O) groups is 2. The first kappa shape index (κ1) is 12.1. The number of carbonyl (C=O) groups excluding carboxylic acids is 2. The largest absolute Gasteiger partial charge is 0.383 e. The molecule has 0 saturated carbocycles. The second-order valence-corrected chi connectivity index (χ2v) is 2.73. The summed E-state index contributed by atoms with van der Waals surface area (Å²) in [7, 11) is 1.54. The van der Waals surface area contributed by atoms with E-state index in [0.29, 0.717) is 13.2 Å². The molecule has 0 aromatic carbocycles. The summed E-state index contributed by atoms with van der Waals surface area (Å²) in [4.78, 5) is 21.5. The van der Waals surface area contributed by atoms with Crippen molar-refractivity contribution in [2.24, 2.45) is 0 Å². The van der Waals surface area contributed by atoms with Gasteiger partial charge in [-0.25, -0.2) is 0 Å². The molecule has 0 spiro atoms. The number of hydrogen-bond donors (Lipinski definition) is 1. The Morgan fingerprint density at radius 3 is 2.62 bits per heavy atom. The minimum Gasteiger partial charge on any atom is -0.383 e. The van der Waals surface area contributed by atoms with E-state index in [1.807, 2.05) is 0 Å². The molecule has 0 unspecified atom stereocenters. The predicted octanol–water partition coefficient (Wildman–Crippen LogP) is 0.461. The second-order valence-electron chi connectivity index (χ2n) is 2.38. The zero-order valence-corrected chi connectivity index (χ0v) is 8.35. The summed E-state index contributed by atoms with van der Waals surface area (Å²) in [5.74, 6) is -0.344. The summed E-state index contributed by atoms with van der Waals surface area (Å²) in [6, 6.07) is 0. The van der Waals surface area contributed by atoms with Crippen LogP contribution in [0.25, 0.3) is 0 Å². The highest BCUT2D eigenvalue weighted by atomic mass is 35.5. The van der Waals surface area contributed by atoms with Gasteiger partial charge >= 0.3 is 0 Å². The highest BCUT2D eigenvalue weighted by molar-refractivity contribution is 6.67. The Kier molecular flexibility index (Phi) is 6.18. The van der Waals surface area contributed by atoms with E-state index in [1.54, 1.807) is 0 Å². The average molecular weight is 206 g/mol. The van der Waals surface area contributed by atoms with Gasteiger partial charge in [0.25, 0.3) is 0 Å². The van der Waals surface area contributed by atoms with Crippen LogP contribution >= 0.6 is 11.6 Å². The third-order valence-electron chi connectivity index (χ3n) is 1.26. The van der Waals surface area contributed by atoms with Gasteiger partial charge < -0.3 is 10.1 Å². The first-order valence-corrected chi connectivity index (χ1v) is 4.10. The zero-order valence-electron chi connectivity index (χ0n) is 7.59. The second kappa shape index (κ2) is 6.62. The van der Waals surface area contributed by atoms with Crippen molar-refractivity contribution >= 4 is 22.8 Å². The van der Waals surface area contributed by atoms with E-state index in [0.717, 1.165) is 6.08 Å². The van der Waals surface area contributed by atoms with E-state index >= 15 is 0 Å². The molecule has 0 aromatic heterocycles. The molecular weight excluding hydrogens is 194 g/mol. The number of amides is 1. The molecule has 0 saturated heterocycles. The van der Waals surface area contributed by atoms with Crippen molar-refractivity contribution in [1.82, 2.24) is 5.32 Å². The van der Waals surface area contributed by atoms with Crippen molar-refractivity contribution in [3.63, 3.8) is 0 Å². The maximum Gasteiger partial charge on any atom is 0.248 e. The Hall–Kier alpha value is -0.870. The summed E-state index contributed by atoms with van der Waals surface area (Å²) in [5.41, 5.74) is 0.219. The molecule has 1 N–H and O–H groups in total. The summed E-state index contributed by atoms with van der Waals surface area (Å²) in [5, 5.41) is 1.89. The maximum absolute atomic E-state index is 11.0. The van der Waals surface area contributed by atoms with Gasteiger partial charge in [-0.3, -0.25) is 9.59 Å². The summed E-state index contributed by atoms with van der Waals surface area (Å²) in [6.45, 7) is 2.33. The van der Waals surface area contributed by atoms with Gasteiger partial charge in [0.05, 0.1) is 6.61 Å². The molecule has 0 bridgehead atoms. The molecule has 5 heteroatoms. The molecule has 0 aliphatic heterocycles. The fourth-order valence-corrected chi connectivity index (χ4v) is 0.635. The van der Waals surface area contributed by atoms with Gasteiger partial charge in [0.1, 0.15) is 0 Å². The zero-order chi connectivity index (χ0) is 10.3.